The van der Waals surface area contributed by atoms with Gasteiger partial charge in [0.15, 0.2) is 0 Å². The summed E-state index contributed by atoms with van der Waals surface area (Å²) in [5, 5.41) is 10.8. The summed E-state index contributed by atoms with van der Waals surface area (Å²) in [6.45, 7) is 1.69. The SMILES string of the molecule is CC(C(=O)Nc1ccsc1)n1nc(C2CC2)ccc1=O. The highest BCUT2D eigenvalue weighted by Gasteiger charge is 2.27. The molecule has 20 heavy (non-hydrogen) atoms. The Morgan fingerprint density at radius 3 is 2.90 bits per heavy atom. The summed E-state index contributed by atoms with van der Waals surface area (Å²) in [7, 11) is 0. The standard InChI is InChI=1S/C14H15N3O2S/c1-9(14(19)15-11-6-7-20-8-11)17-13(18)5-4-12(16-17)10-2-3-10/h4-10H,2-3H2,1H3,(H,15,19). The number of hydrogen-bond donors (Lipinski definition) is 1. The lowest BCUT2D eigenvalue weighted by Gasteiger charge is -2.14. The van der Waals surface area contributed by atoms with Crippen molar-refractivity contribution in [2.45, 2.75) is 31.7 Å². The van der Waals surface area contributed by atoms with Crippen LogP contribution in [0.5, 0.6) is 0 Å². The number of amides is 1. The predicted molar refractivity (Wildman–Crippen MR) is 78.1 cm³/mol. The molecule has 0 radical (unpaired) electrons. The highest BCUT2D eigenvalue weighted by Crippen LogP contribution is 2.38. The third-order valence-corrected chi connectivity index (χ3v) is 4.06. The molecule has 1 fully saturated rings. The first kappa shape index (κ1) is 13.1. The number of carbonyl (C=O) groups excluding carboxylic acids is 1. The molecule has 2 aromatic heterocycles. The van der Waals surface area contributed by atoms with Crippen LogP contribution < -0.4 is 10.9 Å². The zero-order valence-electron chi connectivity index (χ0n) is 11.1. The number of nitrogens with zero attached hydrogens (tertiary/aromatic N) is 2. The van der Waals surface area contributed by atoms with E-state index in [9.17, 15) is 9.59 Å². The molecule has 2 heterocycles. The Morgan fingerprint density at radius 1 is 1.45 bits per heavy atom. The molecule has 0 aromatic carbocycles. The summed E-state index contributed by atoms with van der Waals surface area (Å²) in [4.78, 5) is 24.0. The number of aromatic nitrogens is 2. The fourth-order valence-corrected chi connectivity index (χ4v) is 2.60. The molecular weight excluding hydrogens is 274 g/mol. The van der Waals surface area contributed by atoms with E-state index in [1.807, 2.05) is 16.8 Å². The van der Waals surface area contributed by atoms with Gasteiger partial charge in [-0.25, -0.2) is 4.68 Å². The fourth-order valence-electron chi connectivity index (χ4n) is 2.01. The minimum Gasteiger partial charge on any atom is -0.323 e. The van der Waals surface area contributed by atoms with E-state index in [0.29, 0.717) is 5.92 Å². The van der Waals surface area contributed by atoms with Gasteiger partial charge in [0.25, 0.3) is 5.56 Å². The highest BCUT2D eigenvalue weighted by atomic mass is 32.1. The first-order valence-electron chi connectivity index (χ1n) is 6.58. The van der Waals surface area contributed by atoms with Gasteiger partial charge in [0.1, 0.15) is 6.04 Å². The van der Waals surface area contributed by atoms with Crippen molar-refractivity contribution in [2.75, 3.05) is 5.32 Å². The minimum absolute atomic E-state index is 0.231. The lowest BCUT2D eigenvalue weighted by molar-refractivity contribution is -0.119. The van der Waals surface area contributed by atoms with Crippen molar-refractivity contribution >= 4 is 22.9 Å². The van der Waals surface area contributed by atoms with Crippen LogP contribution in [0.3, 0.4) is 0 Å². The average Bonchev–Trinajstić information content (AvgIpc) is 3.17. The Labute approximate surface area is 120 Å². The van der Waals surface area contributed by atoms with E-state index in [0.717, 1.165) is 24.2 Å². The number of anilines is 1. The van der Waals surface area contributed by atoms with Gasteiger partial charge >= 0.3 is 0 Å². The zero-order valence-corrected chi connectivity index (χ0v) is 11.9. The molecule has 1 N–H and O–H groups in total. The van der Waals surface area contributed by atoms with E-state index in [1.165, 1.54) is 22.1 Å². The molecule has 5 nitrogen and oxygen atoms in total. The van der Waals surface area contributed by atoms with Crippen LogP contribution in [0.15, 0.2) is 33.8 Å². The summed E-state index contributed by atoms with van der Waals surface area (Å²) >= 11 is 1.51. The molecule has 1 saturated carbocycles. The van der Waals surface area contributed by atoms with E-state index in [2.05, 4.69) is 10.4 Å². The molecule has 1 aliphatic carbocycles. The third kappa shape index (κ3) is 2.65. The van der Waals surface area contributed by atoms with Gasteiger partial charge in [-0.2, -0.15) is 16.4 Å². The molecule has 1 atom stereocenters. The molecule has 0 saturated heterocycles. The van der Waals surface area contributed by atoms with Crippen molar-refractivity contribution in [1.82, 2.24) is 9.78 Å². The number of rotatable bonds is 4. The molecule has 2 aromatic rings. The summed E-state index contributed by atoms with van der Waals surface area (Å²) < 4.78 is 1.27. The highest BCUT2D eigenvalue weighted by molar-refractivity contribution is 7.08. The maximum Gasteiger partial charge on any atom is 0.267 e. The molecule has 0 bridgehead atoms. The lowest BCUT2D eigenvalue weighted by Crippen LogP contribution is -2.33. The Kier molecular flexibility index (Phi) is 3.40. The number of carbonyl (C=O) groups is 1. The van der Waals surface area contributed by atoms with E-state index in [4.69, 9.17) is 0 Å². The van der Waals surface area contributed by atoms with Crippen LogP contribution in [0.25, 0.3) is 0 Å². The number of hydrogen-bond acceptors (Lipinski definition) is 4. The zero-order chi connectivity index (χ0) is 14.1. The van der Waals surface area contributed by atoms with E-state index < -0.39 is 6.04 Å². The van der Waals surface area contributed by atoms with Crippen molar-refractivity contribution in [1.29, 1.82) is 0 Å². The molecular formula is C14H15N3O2S. The van der Waals surface area contributed by atoms with Crippen molar-refractivity contribution in [3.63, 3.8) is 0 Å². The lowest BCUT2D eigenvalue weighted by atomic mass is 10.2. The molecule has 3 rings (SSSR count). The quantitative estimate of drug-likeness (QED) is 0.940. The molecule has 6 heteroatoms. The maximum absolute atomic E-state index is 12.2. The second-order valence-corrected chi connectivity index (χ2v) is 5.77. The van der Waals surface area contributed by atoms with Crippen LogP contribution in [0.2, 0.25) is 0 Å². The van der Waals surface area contributed by atoms with Gasteiger partial charge in [-0.3, -0.25) is 9.59 Å². The van der Waals surface area contributed by atoms with Gasteiger partial charge in [-0.05, 0) is 37.3 Å². The second-order valence-electron chi connectivity index (χ2n) is 4.99. The van der Waals surface area contributed by atoms with Crippen molar-refractivity contribution < 1.29 is 4.79 Å². The summed E-state index contributed by atoms with van der Waals surface area (Å²) in [5.74, 6) is 0.222. The predicted octanol–water partition coefficient (Wildman–Crippen LogP) is 2.38. The Balaban J connectivity index is 1.82. The van der Waals surface area contributed by atoms with Crippen LogP contribution >= 0.6 is 11.3 Å². The van der Waals surface area contributed by atoms with Crippen LogP contribution in [0.1, 0.15) is 37.4 Å². The average molecular weight is 289 g/mol. The maximum atomic E-state index is 12.2. The first-order valence-corrected chi connectivity index (χ1v) is 7.52. The van der Waals surface area contributed by atoms with Gasteiger partial charge in [-0.1, -0.05) is 0 Å². The summed E-state index contributed by atoms with van der Waals surface area (Å²) in [6.07, 6.45) is 2.22. The molecule has 0 aliphatic heterocycles. The van der Waals surface area contributed by atoms with E-state index >= 15 is 0 Å². The molecule has 0 spiro atoms. The van der Waals surface area contributed by atoms with Crippen LogP contribution in [0, 0.1) is 0 Å². The van der Waals surface area contributed by atoms with Gasteiger partial charge in [-0.15, -0.1) is 0 Å². The summed E-state index contributed by atoms with van der Waals surface area (Å²) in [5.41, 5.74) is 1.40. The second kappa shape index (κ2) is 5.20. The van der Waals surface area contributed by atoms with Gasteiger partial charge in [0.2, 0.25) is 5.91 Å². The first-order chi connectivity index (χ1) is 9.65. The van der Waals surface area contributed by atoms with Crippen LogP contribution in [-0.2, 0) is 4.79 Å². The Morgan fingerprint density at radius 2 is 2.25 bits per heavy atom. The van der Waals surface area contributed by atoms with E-state index in [1.54, 1.807) is 13.0 Å². The minimum atomic E-state index is -0.624. The molecule has 104 valence electrons. The monoisotopic (exact) mass is 289 g/mol. The Hall–Kier alpha value is -1.95. The van der Waals surface area contributed by atoms with Crippen molar-refractivity contribution in [2.24, 2.45) is 0 Å². The van der Waals surface area contributed by atoms with Crippen molar-refractivity contribution in [3.8, 4) is 0 Å². The van der Waals surface area contributed by atoms with Gasteiger partial charge < -0.3 is 5.32 Å². The number of thiophene rings is 1. The van der Waals surface area contributed by atoms with E-state index in [-0.39, 0.29) is 11.5 Å². The molecule has 1 aliphatic rings. The fraction of sp³-hybridized carbons (Fsp3) is 0.357. The smallest absolute Gasteiger partial charge is 0.267 e. The topological polar surface area (TPSA) is 64.0 Å². The molecule has 1 amide bonds. The van der Waals surface area contributed by atoms with Crippen molar-refractivity contribution in [3.05, 3.63) is 45.0 Å². The van der Waals surface area contributed by atoms with Gasteiger partial charge in [0.05, 0.1) is 11.4 Å². The normalized spacial score (nSPS) is 15.8. The van der Waals surface area contributed by atoms with Gasteiger partial charge in [0, 0.05) is 17.4 Å². The van der Waals surface area contributed by atoms with Crippen LogP contribution in [0.4, 0.5) is 5.69 Å². The molecule has 1 unspecified atom stereocenters. The van der Waals surface area contributed by atoms with Crippen LogP contribution in [-0.4, -0.2) is 15.7 Å². The largest absolute Gasteiger partial charge is 0.323 e. The number of nitrogens with one attached hydrogen (secondary N) is 1. The third-order valence-electron chi connectivity index (χ3n) is 3.38. The summed E-state index contributed by atoms with van der Waals surface area (Å²) in [6, 6.07) is 4.46. The Bertz CT molecular complexity index is 674.